The predicted molar refractivity (Wildman–Crippen MR) is 174 cm³/mol. The first kappa shape index (κ1) is 27.3. The normalized spacial score (nSPS) is 32.0. The summed E-state index contributed by atoms with van der Waals surface area (Å²) in [5, 5.41) is 6.14. The van der Waals surface area contributed by atoms with E-state index in [1.54, 1.807) is 11.3 Å². The van der Waals surface area contributed by atoms with E-state index in [9.17, 15) is 9.18 Å². The zero-order valence-corrected chi connectivity index (χ0v) is 26.7. The quantitative estimate of drug-likeness (QED) is 0.201. The summed E-state index contributed by atoms with van der Waals surface area (Å²) < 4.78 is 17.8. The van der Waals surface area contributed by atoms with E-state index in [1.807, 2.05) is 6.92 Å². The molecule has 0 atom stereocenters. The maximum absolute atomic E-state index is 14.5. The van der Waals surface area contributed by atoms with Crippen molar-refractivity contribution < 1.29 is 9.18 Å². The van der Waals surface area contributed by atoms with Crippen molar-refractivity contribution in [1.82, 2.24) is 14.8 Å². The molecule has 11 rings (SSSR count). The fourth-order valence-electron chi connectivity index (χ4n) is 9.58. The molecule has 4 bridgehead atoms. The van der Waals surface area contributed by atoms with Gasteiger partial charge in [-0.1, -0.05) is 18.2 Å². The highest BCUT2D eigenvalue weighted by atomic mass is 32.1. The second-order valence-electron chi connectivity index (χ2n) is 15.4. The first-order chi connectivity index (χ1) is 21.1. The molecule has 44 heavy (non-hydrogen) atoms. The van der Waals surface area contributed by atoms with Crippen molar-refractivity contribution in [1.29, 1.82) is 0 Å². The number of aryl methyl sites for hydroxylation is 2. The van der Waals surface area contributed by atoms with E-state index >= 15 is 0 Å². The SMILES string of the molecule is Cc1nc2ccc(-c3cccc(N(CC45CCC(c6cc(C7CC7)n(C)n6)(CC4)CC5)C(=O)CC45CC(F)(C4)C5)c3)cc2s1. The number of anilines is 1. The van der Waals surface area contributed by atoms with Gasteiger partial charge in [0.05, 0.1) is 20.9 Å². The Kier molecular flexibility index (Phi) is 5.73. The minimum absolute atomic E-state index is 0.110. The molecule has 2 heterocycles. The number of thiazole rings is 1. The van der Waals surface area contributed by atoms with Gasteiger partial charge >= 0.3 is 0 Å². The highest BCUT2D eigenvalue weighted by molar-refractivity contribution is 7.18. The first-order valence-corrected chi connectivity index (χ1v) is 17.5. The van der Waals surface area contributed by atoms with E-state index in [-0.39, 0.29) is 22.2 Å². The van der Waals surface area contributed by atoms with Crippen LogP contribution >= 0.6 is 11.3 Å². The molecule has 0 saturated heterocycles. The van der Waals surface area contributed by atoms with Gasteiger partial charge in [0.2, 0.25) is 5.91 Å². The van der Waals surface area contributed by atoms with Crippen LogP contribution in [-0.2, 0) is 17.3 Å². The fraction of sp³-hybridized carbons (Fsp3) is 0.541. The lowest BCUT2D eigenvalue weighted by Gasteiger charge is -2.66. The van der Waals surface area contributed by atoms with E-state index in [2.05, 4.69) is 70.1 Å². The van der Waals surface area contributed by atoms with Gasteiger partial charge in [0.15, 0.2) is 0 Å². The van der Waals surface area contributed by atoms with Gasteiger partial charge in [-0.3, -0.25) is 9.48 Å². The number of aromatic nitrogens is 3. The third-order valence-corrected chi connectivity index (χ3v) is 13.2. The summed E-state index contributed by atoms with van der Waals surface area (Å²) in [5.74, 6) is 0.883. The summed E-state index contributed by atoms with van der Waals surface area (Å²) in [6.07, 6.45) is 11.6. The van der Waals surface area contributed by atoms with E-state index in [4.69, 9.17) is 5.10 Å². The largest absolute Gasteiger partial charge is 0.312 e. The minimum Gasteiger partial charge on any atom is -0.312 e. The summed E-state index contributed by atoms with van der Waals surface area (Å²) in [4.78, 5) is 21.0. The molecule has 7 aliphatic carbocycles. The van der Waals surface area contributed by atoms with Crippen molar-refractivity contribution in [2.75, 3.05) is 11.4 Å². The Hall–Kier alpha value is -3.06. The monoisotopic (exact) mass is 608 g/mol. The Bertz CT molecular complexity index is 1770. The van der Waals surface area contributed by atoms with Gasteiger partial charge in [-0.05, 0) is 130 Å². The number of benzene rings is 2. The van der Waals surface area contributed by atoms with Crippen LogP contribution in [0.3, 0.4) is 0 Å². The summed E-state index contributed by atoms with van der Waals surface area (Å²) >= 11 is 1.72. The molecule has 7 saturated carbocycles. The predicted octanol–water partition coefficient (Wildman–Crippen LogP) is 8.79. The molecule has 228 valence electrons. The molecule has 1 amide bonds. The van der Waals surface area contributed by atoms with E-state index in [0.717, 1.165) is 72.4 Å². The van der Waals surface area contributed by atoms with Gasteiger partial charge in [0.25, 0.3) is 0 Å². The number of hydrogen-bond acceptors (Lipinski definition) is 4. The van der Waals surface area contributed by atoms with Crippen LogP contribution in [0.2, 0.25) is 0 Å². The number of halogens is 1. The topological polar surface area (TPSA) is 51.0 Å². The highest BCUT2D eigenvalue weighted by Gasteiger charge is 2.69. The van der Waals surface area contributed by atoms with Gasteiger partial charge < -0.3 is 4.90 Å². The maximum Gasteiger partial charge on any atom is 0.227 e. The standard InChI is InChI=1S/C37H41FN4OS/c1-24-39-29-9-8-27(17-31(29)44-24)26-4-3-5-28(16-26)42(33(43)19-35-20-37(38,21-35)22-35)23-34-10-13-36(14-11-34,15-12-34)32-18-30(25-6-7-25)41(2)40-32/h3-5,8-9,16-18,25H,6-7,10-15,19-23H2,1-2H3. The molecule has 7 heteroatoms. The Morgan fingerprint density at radius 2 is 1.70 bits per heavy atom. The van der Waals surface area contributed by atoms with Gasteiger partial charge in [-0.15, -0.1) is 11.3 Å². The van der Waals surface area contributed by atoms with E-state index in [1.165, 1.54) is 28.9 Å². The number of carbonyl (C=O) groups is 1. The highest BCUT2D eigenvalue weighted by Crippen LogP contribution is 2.71. The number of alkyl halides is 1. The van der Waals surface area contributed by atoms with E-state index in [0.29, 0.717) is 31.6 Å². The molecular weight excluding hydrogens is 567 g/mol. The summed E-state index contributed by atoms with van der Waals surface area (Å²) in [7, 11) is 2.12. The second-order valence-corrected chi connectivity index (χ2v) is 16.7. The van der Waals surface area contributed by atoms with Crippen molar-refractivity contribution in [2.45, 2.75) is 101 Å². The van der Waals surface area contributed by atoms with Crippen molar-refractivity contribution in [2.24, 2.45) is 17.9 Å². The molecule has 0 spiro atoms. The average molecular weight is 609 g/mol. The molecule has 0 unspecified atom stereocenters. The van der Waals surface area contributed by atoms with Gasteiger partial charge in [-0.25, -0.2) is 9.37 Å². The van der Waals surface area contributed by atoms with Crippen LogP contribution in [0.15, 0.2) is 48.5 Å². The average Bonchev–Trinajstić information content (AvgIpc) is 3.65. The third kappa shape index (κ3) is 4.32. The van der Waals surface area contributed by atoms with Crippen molar-refractivity contribution in [3.8, 4) is 11.1 Å². The Balaban J connectivity index is 1.000. The third-order valence-electron chi connectivity index (χ3n) is 12.2. The van der Waals surface area contributed by atoms with Crippen LogP contribution < -0.4 is 4.90 Å². The van der Waals surface area contributed by atoms with Crippen LogP contribution in [0, 0.1) is 17.8 Å². The number of amides is 1. The van der Waals surface area contributed by atoms with E-state index < -0.39 is 5.67 Å². The smallest absolute Gasteiger partial charge is 0.227 e. The molecule has 2 aromatic heterocycles. The lowest BCUT2D eigenvalue weighted by atomic mass is 9.41. The first-order valence-electron chi connectivity index (χ1n) is 16.7. The van der Waals surface area contributed by atoms with Gasteiger partial charge in [-0.2, -0.15) is 5.10 Å². The molecular formula is C37H41FN4OS. The second kappa shape index (κ2) is 9.24. The Morgan fingerprint density at radius 3 is 2.41 bits per heavy atom. The molecule has 5 nitrogen and oxygen atoms in total. The summed E-state index contributed by atoms with van der Waals surface area (Å²) in [5.41, 5.74) is 6.23. The zero-order chi connectivity index (χ0) is 29.9. The van der Waals surface area contributed by atoms with Gasteiger partial charge in [0, 0.05) is 42.7 Å². The molecule has 0 aliphatic heterocycles. The fourth-order valence-corrected chi connectivity index (χ4v) is 10.4. The van der Waals surface area contributed by atoms with Crippen molar-refractivity contribution >= 4 is 33.1 Å². The van der Waals surface area contributed by atoms with Crippen molar-refractivity contribution in [3.05, 3.63) is 64.9 Å². The number of nitrogens with zero attached hydrogens (tertiary/aromatic N) is 4. The molecule has 4 aromatic rings. The van der Waals surface area contributed by atoms with Crippen LogP contribution in [0.4, 0.5) is 10.1 Å². The van der Waals surface area contributed by atoms with Gasteiger partial charge in [0.1, 0.15) is 5.67 Å². The minimum atomic E-state index is -0.988. The lowest BCUT2D eigenvalue weighted by molar-refractivity contribution is -0.215. The maximum atomic E-state index is 14.5. The number of hydrogen-bond donors (Lipinski definition) is 0. The molecule has 2 aromatic carbocycles. The van der Waals surface area contributed by atoms with Crippen molar-refractivity contribution in [3.63, 3.8) is 0 Å². The molecule has 7 aliphatic rings. The molecule has 0 radical (unpaired) electrons. The number of rotatable bonds is 8. The molecule has 7 fully saturated rings. The summed E-state index contributed by atoms with van der Waals surface area (Å²) in [6.45, 7) is 2.80. The number of fused-ring (bicyclic) bond motifs is 4. The molecule has 0 N–H and O–H groups in total. The number of carbonyl (C=O) groups excluding carboxylic acids is 1. The van der Waals surface area contributed by atoms with Crippen LogP contribution in [0.5, 0.6) is 0 Å². The van der Waals surface area contributed by atoms with Crippen LogP contribution in [0.1, 0.15) is 99.4 Å². The zero-order valence-electron chi connectivity index (χ0n) is 25.9. The Labute approximate surface area is 262 Å². The summed E-state index contributed by atoms with van der Waals surface area (Å²) in [6, 6.07) is 17.4. The Morgan fingerprint density at radius 1 is 0.977 bits per heavy atom. The van der Waals surface area contributed by atoms with Crippen LogP contribution in [0.25, 0.3) is 21.3 Å². The van der Waals surface area contributed by atoms with Crippen LogP contribution in [-0.4, -0.2) is 32.9 Å². The lowest BCUT2D eigenvalue weighted by Crippen LogP contribution is -2.65.